The number of nitrogens with one attached hydrogen (secondary N) is 2. The van der Waals surface area contributed by atoms with E-state index >= 15 is 0 Å². The number of hydrogen-bond acceptors (Lipinski definition) is 4. The maximum absolute atomic E-state index is 12.7. The van der Waals surface area contributed by atoms with E-state index in [4.69, 9.17) is 0 Å². The molecule has 170 valence electrons. The van der Waals surface area contributed by atoms with Crippen molar-refractivity contribution < 1.29 is 21.6 Å². The fourth-order valence-electron chi connectivity index (χ4n) is 4.01. The van der Waals surface area contributed by atoms with E-state index in [9.17, 15) is 21.6 Å². The molecular weight excluding hydrogens is 407 g/mol. The second-order valence-corrected chi connectivity index (χ2v) is 9.82. The van der Waals surface area contributed by atoms with Gasteiger partial charge in [-0.1, -0.05) is 19.3 Å². The van der Waals surface area contributed by atoms with Gasteiger partial charge in [-0.05, 0) is 45.7 Å². The molecule has 0 unspecified atom stereocenters. The van der Waals surface area contributed by atoms with Crippen LogP contribution in [0.2, 0.25) is 0 Å². The van der Waals surface area contributed by atoms with E-state index in [1.165, 1.54) is 32.1 Å². The van der Waals surface area contributed by atoms with Crippen LogP contribution in [0.4, 0.5) is 13.2 Å². The van der Waals surface area contributed by atoms with Gasteiger partial charge in [0.1, 0.15) is 0 Å². The summed E-state index contributed by atoms with van der Waals surface area (Å²) in [6.45, 7) is 1.45. The van der Waals surface area contributed by atoms with Crippen molar-refractivity contribution in [1.82, 2.24) is 19.8 Å². The minimum Gasteiger partial charge on any atom is -0.356 e. The monoisotopic (exact) mass is 441 g/mol. The summed E-state index contributed by atoms with van der Waals surface area (Å²) < 4.78 is 61.4. The lowest BCUT2D eigenvalue weighted by molar-refractivity contribution is -0.0494. The van der Waals surface area contributed by atoms with Gasteiger partial charge >= 0.3 is 15.5 Å². The maximum Gasteiger partial charge on any atom is 0.511 e. The lowest BCUT2D eigenvalue weighted by atomic mass is 9.94. The lowest BCUT2D eigenvalue weighted by Crippen LogP contribution is -2.51. The maximum atomic E-state index is 12.7. The predicted molar refractivity (Wildman–Crippen MR) is 108 cm³/mol. The lowest BCUT2D eigenvalue weighted by Gasteiger charge is -2.33. The summed E-state index contributed by atoms with van der Waals surface area (Å²) >= 11 is 0. The summed E-state index contributed by atoms with van der Waals surface area (Å²) in [6.07, 6.45) is 8.09. The van der Waals surface area contributed by atoms with Gasteiger partial charge < -0.3 is 15.5 Å². The number of piperidine rings is 1. The second kappa shape index (κ2) is 10.8. The quantitative estimate of drug-likeness (QED) is 0.360. The first kappa shape index (κ1) is 24.2. The summed E-state index contributed by atoms with van der Waals surface area (Å²) in [5.41, 5.74) is -5.24. The van der Waals surface area contributed by atoms with Crippen molar-refractivity contribution in [2.75, 3.05) is 40.3 Å². The molecule has 1 aliphatic heterocycles. The molecule has 0 amide bonds. The zero-order valence-electron chi connectivity index (χ0n) is 17.3. The molecular formula is C18H34F3N5O2S. The number of nitrogens with zero attached hydrogens (tertiary/aromatic N) is 3. The molecule has 0 atom stereocenters. The highest BCUT2D eigenvalue weighted by atomic mass is 32.2. The Morgan fingerprint density at radius 1 is 1.14 bits per heavy atom. The molecule has 0 aromatic heterocycles. The average Bonchev–Trinajstić information content (AvgIpc) is 2.70. The number of guanidine groups is 1. The molecule has 0 radical (unpaired) electrons. The van der Waals surface area contributed by atoms with Crippen LogP contribution in [-0.4, -0.2) is 81.4 Å². The highest BCUT2D eigenvalue weighted by Gasteiger charge is 2.50. The van der Waals surface area contributed by atoms with Crippen LogP contribution in [0.3, 0.4) is 0 Å². The van der Waals surface area contributed by atoms with Gasteiger partial charge in [-0.3, -0.25) is 4.99 Å². The fourth-order valence-corrected chi connectivity index (χ4v) is 5.00. The largest absolute Gasteiger partial charge is 0.511 e. The molecule has 2 rings (SSSR count). The van der Waals surface area contributed by atoms with E-state index in [0.717, 1.165) is 19.5 Å². The summed E-state index contributed by atoms with van der Waals surface area (Å²) in [5.74, 6) is 0.599. The zero-order chi connectivity index (χ0) is 21.5. The molecule has 2 aliphatic rings. The predicted octanol–water partition coefficient (Wildman–Crippen LogP) is 2.12. The van der Waals surface area contributed by atoms with Gasteiger partial charge in [0.25, 0.3) is 0 Å². The molecule has 11 heteroatoms. The van der Waals surface area contributed by atoms with Crippen LogP contribution in [-0.2, 0) is 10.0 Å². The first-order valence-electron chi connectivity index (χ1n) is 10.4. The van der Waals surface area contributed by atoms with Crippen molar-refractivity contribution in [3.05, 3.63) is 0 Å². The summed E-state index contributed by atoms with van der Waals surface area (Å²) in [5, 5.41) is 6.43. The number of aliphatic imine (C=N–C) groups is 1. The van der Waals surface area contributed by atoms with Crippen LogP contribution in [0.1, 0.15) is 51.4 Å². The Bertz CT molecular complexity index is 628. The van der Waals surface area contributed by atoms with Gasteiger partial charge in [-0.2, -0.15) is 17.5 Å². The van der Waals surface area contributed by atoms with Gasteiger partial charge in [0.2, 0.25) is 0 Å². The fraction of sp³-hybridized carbons (Fsp3) is 0.944. The molecule has 0 aromatic rings. The van der Waals surface area contributed by atoms with Crippen LogP contribution >= 0.6 is 0 Å². The Hall–Kier alpha value is -1.07. The normalized spacial score (nSPS) is 21.5. The minimum absolute atomic E-state index is 0.106. The van der Waals surface area contributed by atoms with E-state index in [1.54, 1.807) is 7.05 Å². The van der Waals surface area contributed by atoms with Crippen LogP contribution in [0, 0.1) is 0 Å². The van der Waals surface area contributed by atoms with Crippen LogP contribution in [0.5, 0.6) is 0 Å². The Morgan fingerprint density at radius 3 is 2.31 bits per heavy atom. The molecule has 1 heterocycles. The molecule has 0 spiro atoms. The highest BCUT2D eigenvalue weighted by molar-refractivity contribution is 7.90. The third-order valence-electron chi connectivity index (χ3n) is 5.83. The van der Waals surface area contributed by atoms with Gasteiger partial charge in [0.05, 0.1) is 0 Å². The molecule has 2 fully saturated rings. The third-order valence-corrected chi connectivity index (χ3v) is 7.46. The van der Waals surface area contributed by atoms with Crippen molar-refractivity contribution in [2.24, 2.45) is 4.99 Å². The van der Waals surface area contributed by atoms with Crippen LogP contribution in [0.25, 0.3) is 0 Å². The first-order valence-corrected chi connectivity index (χ1v) is 11.8. The van der Waals surface area contributed by atoms with Crippen molar-refractivity contribution in [3.63, 3.8) is 0 Å². The first-order chi connectivity index (χ1) is 13.6. The smallest absolute Gasteiger partial charge is 0.356 e. The molecule has 0 bridgehead atoms. The van der Waals surface area contributed by atoms with Crippen molar-refractivity contribution >= 4 is 16.0 Å². The molecule has 1 aliphatic carbocycles. The van der Waals surface area contributed by atoms with Gasteiger partial charge in [-0.15, -0.1) is 0 Å². The topological polar surface area (TPSA) is 77.0 Å². The molecule has 2 N–H and O–H groups in total. The van der Waals surface area contributed by atoms with E-state index in [1.807, 2.05) is 0 Å². The van der Waals surface area contributed by atoms with Crippen molar-refractivity contribution in [1.29, 1.82) is 0 Å². The van der Waals surface area contributed by atoms with E-state index in [-0.39, 0.29) is 19.1 Å². The number of hydrogen-bond donors (Lipinski definition) is 2. The van der Waals surface area contributed by atoms with Crippen LogP contribution < -0.4 is 10.6 Å². The van der Waals surface area contributed by atoms with Crippen LogP contribution in [0.15, 0.2) is 4.99 Å². The second-order valence-electron chi connectivity index (χ2n) is 7.89. The number of rotatable bonds is 7. The minimum atomic E-state index is -5.24. The van der Waals surface area contributed by atoms with Gasteiger partial charge in [-0.25, -0.2) is 8.42 Å². The van der Waals surface area contributed by atoms with E-state index in [2.05, 4.69) is 27.6 Å². The molecule has 0 aromatic carbocycles. The Labute approximate surface area is 172 Å². The Morgan fingerprint density at radius 2 is 1.76 bits per heavy atom. The third kappa shape index (κ3) is 6.99. The SMILES string of the molecule is CN=C(NCCCN(C)C1CCCCC1)NC1CCN(S(=O)(=O)C(F)(F)F)CC1. The van der Waals surface area contributed by atoms with Crippen molar-refractivity contribution in [3.8, 4) is 0 Å². The Kier molecular flexibility index (Phi) is 9.02. The summed E-state index contributed by atoms with van der Waals surface area (Å²) in [4.78, 5) is 6.59. The average molecular weight is 442 g/mol. The molecule has 1 saturated carbocycles. The van der Waals surface area contributed by atoms with E-state index in [0.29, 0.717) is 29.1 Å². The number of sulfonamides is 1. The standard InChI is InChI=1S/C18H34F3N5O2S/c1-22-17(23-11-6-12-25(2)16-7-4-3-5-8-16)24-15-9-13-26(14-10-15)29(27,28)18(19,20)21/h15-16H,3-14H2,1-2H3,(H2,22,23,24). The number of alkyl halides is 3. The summed E-state index contributed by atoms with van der Waals surface area (Å²) in [6, 6.07) is 0.574. The molecule has 7 nitrogen and oxygen atoms in total. The van der Waals surface area contributed by atoms with Gasteiger partial charge in [0.15, 0.2) is 5.96 Å². The molecule has 1 saturated heterocycles. The number of halogens is 3. The van der Waals surface area contributed by atoms with E-state index < -0.39 is 15.5 Å². The highest BCUT2D eigenvalue weighted by Crippen LogP contribution is 2.29. The summed E-state index contributed by atoms with van der Waals surface area (Å²) in [7, 11) is -1.42. The Balaban J connectivity index is 1.67. The zero-order valence-corrected chi connectivity index (χ0v) is 18.2. The van der Waals surface area contributed by atoms with Crippen molar-refractivity contribution in [2.45, 2.75) is 69.0 Å². The molecule has 29 heavy (non-hydrogen) atoms. The van der Waals surface area contributed by atoms with Gasteiger partial charge in [0, 0.05) is 38.8 Å².